The number of aliphatic hydroxyl groups excluding tert-OH is 1. The van der Waals surface area contributed by atoms with Crippen LogP contribution in [-0.4, -0.2) is 49.7 Å². The first-order chi connectivity index (χ1) is 18.3. The SMILES string of the molecule is OC1C2CC3CC(C2)C(NC(=S)Nc2cnn4ccc(N5C[C@@H](F)C[C@@H]5c5cc(F)ccc5F)nc24)C1C3. The number of hydrogen-bond acceptors (Lipinski definition) is 5. The minimum absolute atomic E-state index is 0.0232. The Morgan fingerprint density at radius 2 is 1.92 bits per heavy atom. The van der Waals surface area contributed by atoms with Gasteiger partial charge >= 0.3 is 0 Å². The number of rotatable bonds is 4. The van der Waals surface area contributed by atoms with Crippen molar-refractivity contribution in [3.63, 3.8) is 0 Å². The monoisotopic (exact) mass is 542 g/mol. The Kier molecular flexibility index (Phi) is 5.77. The Morgan fingerprint density at radius 1 is 1.08 bits per heavy atom. The molecular formula is C27H29F3N6OS. The molecule has 2 aromatic heterocycles. The molecule has 3 N–H and O–H groups in total. The molecule has 11 heteroatoms. The second-order valence-electron chi connectivity index (χ2n) is 11.4. The van der Waals surface area contributed by atoms with E-state index in [2.05, 4.69) is 15.7 Å². The van der Waals surface area contributed by atoms with E-state index in [1.165, 1.54) is 6.42 Å². The third kappa shape index (κ3) is 4.02. The molecule has 4 bridgehead atoms. The topological polar surface area (TPSA) is 77.7 Å². The molecular weight excluding hydrogens is 513 g/mol. The number of halogens is 3. The van der Waals surface area contributed by atoms with Gasteiger partial charge in [-0.2, -0.15) is 5.10 Å². The van der Waals surface area contributed by atoms with Crippen LogP contribution >= 0.6 is 12.2 Å². The lowest BCUT2D eigenvalue weighted by Gasteiger charge is -2.57. The van der Waals surface area contributed by atoms with Crippen LogP contribution in [0.2, 0.25) is 0 Å². The summed E-state index contributed by atoms with van der Waals surface area (Å²) in [7, 11) is 0. The molecule has 0 amide bonds. The first-order valence-corrected chi connectivity index (χ1v) is 13.7. The third-order valence-electron chi connectivity index (χ3n) is 9.14. The third-order valence-corrected chi connectivity index (χ3v) is 9.36. The summed E-state index contributed by atoms with van der Waals surface area (Å²) >= 11 is 5.66. The zero-order valence-electron chi connectivity index (χ0n) is 20.6. The van der Waals surface area contributed by atoms with Crippen molar-refractivity contribution in [2.24, 2.45) is 23.7 Å². The number of aliphatic hydroxyl groups is 1. The summed E-state index contributed by atoms with van der Waals surface area (Å²) < 4.78 is 44.6. The highest BCUT2D eigenvalue weighted by Crippen LogP contribution is 2.53. The number of nitrogens with zero attached hydrogens (tertiary/aromatic N) is 4. The maximum absolute atomic E-state index is 14.6. The van der Waals surface area contributed by atoms with Crippen molar-refractivity contribution in [2.75, 3.05) is 16.8 Å². The molecule has 1 aromatic carbocycles. The number of nitrogens with one attached hydrogen (secondary N) is 2. The van der Waals surface area contributed by atoms with Gasteiger partial charge in [-0.05, 0) is 79.9 Å². The summed E-state index contributed by atoms with van der Waals surface area (Å²) in [5, 5.41) is 22.3. The van der Waals surface area contributed by atoms with Gasteiger partial charge in [0.15, 0.2) is 10.8 Å². The lowest BCUT2D eigenvalue weighted by molar-refractivity contribution is -0.108. The minimum atomic E-state index is -1.20. The van der Waals surface area contributed by atoms with Gasteiger partial charge in [-0.3, -0.25) is 0 Å². The molecule has 4 aliphatic carbocycles. The molecule has 1 saturated heterocycles. The van der Waals surface area contributed by atoms with Crippen LogP contribution in [0.15, 0.2) is 36.7 Å². The zero-order chi connectivity index (χ0) is 26.1. The fourth-order valence-corrected chi connectivity index (χ4v) is 7.87. The van der Waals surface area contributed by atoms with Crippen LogP contribution in [0.3, 0.4) is 0 Å². The van der Waals surface area contributed by atoms with Gasteiger partial charge in [0, 0.05) is 30.1 Å². The van der Waals surface area contributed by atoms with Gasteiger partial charge in [-0.15, -0.1) is 0 Å². The van der Waals surface area contributed by atoms with Crippen molar-refractivity contribution in [1.82, 2.24) is 19.9 Å². The predicted molar refractivity (Wildman–Crippen MR) is 141 cm³/mol. The molecule has 1 aliphatic heterocycles. The van der Waals surface area contributed by atoms with Crippen LogP contribution in [0.5, 0.6) is 0 Å². The number of fused-ring (bicyclic) bond motifs is 1. The highest BCUT2D eigenvalue weighted by atomic mass is 32.1. The van der Waals surface area contributed by atoms with Crippen molar-refractivity contribution in [2.45, 2.75) is 56.5 Å². The lowest BCUT2D eigenvalue weighted by Crippen LogP contribution is -2.62. The van der Waals surface area contributed by atoms with E-state index in [0.29, 0.717) is 40.0 Å². The maximum Gasteiger partial charge on any atom is 0.180 e. The van der Waals surface area contributed by atoms with Crippen molar-refractivity contribution in [1.29, 1.82) is 0 Å². The normalized spacial score (nSPS) is 33.7. The summed E-state index contributed by atoms with van der Waals surface area (Å²) in [5.41, 5.74) is 1.18. The molecule has 6 unspecified atom stereocenters. The van der Waals surface area contributed by atoms with Crippen LogP contribution in [0, 0.1) is 35.3 Å². The van der Waals surface area contributed by atoms with E-state index in [4.69, 9.17) is 17.2 Å². The quantitative estimate of drug-likeness (QED) is 0.423. The van der Waals surface area contributed by atoms with Crippen molar-refractivity contribution in [3.8, 4) is 0 Å². The second kappa shape index (κ2) is 9.08. The Hall–Kier alpha value is -2.92. The standard InChI is InChI=1S/C27H29F3N6OS/c28-16-1-2-20(30)18(9-16)22-10-17(29)12-35(22)23-3-4-36-26(33-23)21(11-31-36)32-27(38)34-24-14-5-13-6-15(8-14)25(37)19(24)7-13/h1-4,9,11,13-15,17,19,22,24-25,37H,5-8,10,12H2,(H2,32,34,38)/t13?,14?,15?,17-,19?,22+,24?,25?/m0/s1. The number of thiocarbonyl (C=S) groups is 1. The van der Waals surface area contributed by atoms with Crippen LogP contribution < -0.4 is 15.5 Å². The van der Waals surface area contributed by atoms with Gasteiger partial charge in [0.1, 0.15) is 29.3 Å². The average Bonchev–Trinajstić information content (AvgIpc) is 3.48. The smallest absolute Gasteiger partial charge is 0.180 e. The van der Waals surface area contributed by atoms with Crippen LogP contribution in [-0.2, 0) is 0 Å². The number of hydrogen-bond donors (Lipinski definition) is 3. The molecule has 7 nitrogen and oxygen atoms in total. The van der Waals surface area contributed by atoms with E-state index >= 15 is 0 Å². The highest BCUT2D eigenvalue weighted by molar-refractivity contribution is 7.80. The lowest BCUT2D eigenvalue weighted by atomic mass is 9.53. The highest BCUT2D eigenvalue weighted by Gasteiger charge is 2.53. The Bertz CT molecular complexity index is 1400. The van der Waals surface area contributed by atoms with Crippen molar-refractivity contribution >= 4 is 34.5 Å². The van der Waals surface area contributed by atoms with Crippen LogP contribution in [0.4, 0.5) is 24.7 Å². The van der Waals surface area contributed by atoms with Crippen LogP contribution in [0.25, 0.3) is 5.65 Å². The van der Waals surface area contributed by atoms with Gasteiger partial charge in [0.25, 0.3) is 0 Å². The summed E-state index contributed by atoms with van der Waals surface area (Å²) in [6.45, 7) is 0.0232. The Balaban J connectivity index is 1.12. The van der Waals surface area contributed by atoms with E-state index in [9.17, 15) is 18.3 Å². The van der Waals surface area contributed by atoms with Crippen molar-refractivity contribution in [3.05, 3.63) is 53.9 Å². The molecule has 5 fully saturated rings. The number of benzene rings is 1. The zero-order valence-corrected chi connectivity index (χ0v) is 21.4. The van der Waals surface area contributed by atoms with E-state index < -0.39 is 23.8 Å². The fourth-order valence-electron chi connectivity index (χ4n) is 7.63. The van der Waals surface area contributed by atoms with Gasteiger partial charge < -0.3 is 20.6 Å². The molecule has 5 aliphatic rings. The molecule has 3 aromatic rings. The van der Waals surface area contributed by atoms with E-state index in [1.54, 1.807) is 27.9 Å². The Morgan fingerprint density at radius 3 is 2.79 bits per heavy atom. The minimum Gasteiger partial charge on any atom is -0.392 e. The maximum atomic E-state index is 14.6. The van der Waals surface area contributed by atoms with Crippen molar-refractivity contribution < 1.29 is 18.3 Å². The largest absolute Gasteiger partial charge is 0.392 e. The molecule has 0 spiro atoms. The number of anilines is 2. The van der Waals surface area contributed by atoms with E-state index in [0.717, 1.165) is 37.5 Å². The molecule has 0 radical (unpaired) electrons. The van der Waals surface area contributed by atoms with Gasteiger partial charge in [0.2, 0.25) is 0 Å². The summed E-state index contributed by atoms with van der Waals surface area (Å²) in [6, 6.07) is 4.40. The summed E-state index contributed by atoms with van der Waals surface area (Å²) in [4.78, 5) is 6.39. The predicted octanol–water partition coefficient (Wildman–Crippen LogP) is 4.38. The number of aromatic nitrogens is 3. The van der Waals surface area contributed by atoms with E-state index in [-0.39, 0.29) is 36.6 Å². The Labute approximate surface area is 223 Å². The first-order valence-electron chi connectivity index (χ1n) is 13.3. The summed E-state index contributed by atoms with van der Waals surface area (Å²) in [6.07, 6.45) is 6.30. The summed E-state index contributed by atoms with van der Waals surface area (Å²) in [5.74, 6) is 1.16. The fraction of sp³-hybridized carbons (Fsp3) is 0.519. The average molecular weight is 543 g/mol. The molecule has 8 atom stereocenters. The van der Waals surface area contributed by atoms with Gasteiger partial charge in [-0.25, -0.2) is 22.7 Å². The van der Waals surface area contributed by atoms with E-state index in [1.807, 2.05) is 0 Å². The second-order valence-corrected chi connectivity index (χ2v) is 11.8. The number of alkyl halides is 1. The van der Waals surface area contributed by atoms with Crippen LogP contribution in [0.1, 0.15) is 43.7 Å². The molecule has 4 saturated carbocycles. The molecule has 3 heterocycles. The first kappa shape index (κ1) is 24.1. The molecule has 8 rings (SSSR count). The van der Waals surface area contributed by atoms with Gasteiger partial charge in [0.05, 0.1) is 24.9 Å². The van der Waals surface area contributed by atoms with Gasteiger partial charge in [-0.1, -0.05) is 0 Å². The molecule has 200 valence electrons. The molecule has 38 heavy (non-hydrogen) atoms.